The zero-order valence-electron chi connectivity index (χ0n) is 19.6. The third-order valence-electron chi connectivity index (χ3n) is 6.78. The number of hydrogen-bond acceptors (Lipinski definition) is 8. The molecule has 2 aromatic rings. The van der Waals surface area contributed by atoms with Gasteiger partial charge in [-0.25, -0.2) is 9.88 Å². The molecule has 1 saturated heterocycles. The first kappa shape index (κ1) is 25.3. The molecule has 1 fully saturated rings. The van der Waals surface area contributed by atoms with E-state index in [0.717, 1.165) is 21.7 Å². The van der Waals surface area contributed by atoms with Gasteiger partial charge in [-0.3, -0.25) is 9.28 Å². The fraction of sp³-hybridized carbons (Fsp3) is 0.545. The average molecular weight is 475 g/mol. The Kier molecular flexibility index (Phi) is 7.25. The van der Waals surface area contributed by atoms with Crippen LogP contribution in [0.2, 0.25) is 0 Å². The van der Waals surface area contributed by atoms with E-state index < -0.39 is 29.9 Å². The highest BCUT2D eigenvalue weighted by atomic mass is 32.1. The maximum absolute atomic E-state index is 13.2. The summed E-state index contributed by atoms with van der Waals surface area (Å²) < 4.78 is -0.0803. The first-order chi connectivity index (χ1) is 15.5. The molecule has 0 saturated carbocycles. The highest BCUT2D eigenvalue weighted by Crippen LogP contribution is 2.42. The van der Waals surface area contributed by atoms with Crippen LogP contribution in [0.1, 0.15) is 31.1 Å². The fourth-order valence-electron chi connectivity index (χ4n) is 4.66. The molecule has 4 N–H and O–H groups in total. The Morgan fingerprint density at radius 1 is 1.45 bits per heavy atom. The number of ketones is 1. The van der Waals surface area contributed by atoms with Gasteiger partial charge in [-0.1, -0.05) is 38.1 Å². The number of quaternary nitrogens is 1. The Labute approximate surface area is 197 Å². The first-order valence-electron chi connectivity index (χ1n) is 10.8. The summed E-state index contributed by atoms with van der Waals surface area (Å²) in [5.41, 5.74) is 17.9. The summed E-state index contributed by atoms with van der Waals surface area (Å²) in [5, 5.41) is 25.8. The number of aromatic nitrogens is 1. The Morgan fingerprint density at radius 2 is 2.09 bits per heavy atom. The number of aliphatic hydroxyl groups excluding tert-OH is 1. The van der Waals surface area contributed by atoms with Crippen molar-refractivity contribution in [1.82, 2.24) is 9.88 Å². The second kappa shape index (κ2) is 9.47. The molecular weight excluding hydrogens is 442 g/mol. The van der Waals surface area contributed by atoms with Gasteiger partial charge in [-0.05, 0) is 36.1 Å². The highest BCUT2D eigenvalue weighted by Gasteiger charge is 2.63. The number of carbonyl (C=O) groups is 1. The molecule has 2 unspecified atom stereocenters. The third kappa shape index (κ3) is 4.29. The van der Waals surface area contributed by atoms with Gasteiger partial charge in [0, 0.05) is 10.5 Å². The monoisotopic (exact) mass is 474 g/mol. The lowest BCUT2D eigenvalue weighted by Gasteiger charge is -2.40. The lowest BCUT2D eigenvalue weighted by atomic mass is 9.92. The van der Waals surface area contributed by atoms with E-state index in [4.69, 9.17) is 5.73 Å². The molecule has 11 heteroatoms. The molecule has 1 aliphatic rings. The molecule has 33 heavy (non-hydrogen) atoms. The van der Waals surface area contributed by atoms with Crippen LogP contribution < -0.4 is 5.73 Å². The van der Waals surface area contributed by atoms with Crippen molar-refractivity contribution in [3.8, 4) is 10.4 Å². The minimum Gasteiger partial charge on any atom is -0.390 e. The maximum atomic E-state index is 13.2. The van der Waals surface area contributed by atoms with Crippen LogP contribution in [-0.4, -0.2) is 75.7 Å². The topological polar surface area (TPSA) is 148 Å². The molecular formula is C22H32N7O3S+. The molecule has 178 valence electrons. The SMILES string of the molecule is Cc1ncsc1-c1ccc([C@H](CO)[N+]2(C)C[C@@](O)(C(=O)[C@@H](N)C(C)C)N(C)C2N=[N+]=[N-])cc1. The van der Waals surface area contributed by atoms with E-state index in [0.29, 0.717) is 0 Å². The smallest absolute Gasteiger partial charge is 0.234 e. The largest absolute Gasteiger partial charge is 0.390 e. The normalized spacial score (nSPS) is 27.4. The number of nitrogens with two attached hydrogens (primary N) is 1. The lowest BCUT2D eigenvalue weighted by Crippen LogP contribution is -2.59. The molecule has 3 rings (SSSR count). The second-order valence-corrected chi connectivity index (χ2v) is 10.1. The van der Waals surface area contributed by atoms with E-state index in [2.05, 4.69) is 15.0 Å². The standard InChI is InChI=1S/C22H32N7O3S/c1-13(2)18(23)20(31)22(32)11-29(5,21(26-27-24)28(22)4)17(10-30)15-6-8-16(9-7-15)19-14(3)25-12-33-19/h6-9,12-13,17-18,21,30,32H,10-11,23H2,1-5H3/q+1/t17-,18-,21?,22+,29?/m0/s1. The minimum atomic E-state index is -1.94. The van der Waals surface area contributed by atoms with E-state index in [9.17, 15) is 20.5 Å². The van der Waals surface area contributed by atoms with Crippen LogP contribution in [0.4, 0.5) is 0 Å². The number of rotatable bonds is 8. The van der Waals surface area contributed by atoms with Crippen molar-refractivity contribution in [2.45, 2.75) is 44.9 Å². The molecule has 0 amide bonds. The number of likely N-dealkylation sites (N-methyl/N-ethyl adjacent to an activating group) is 2. The Morgan fingerprint density at radius 3 is 2.58 bits per heavy atom. The summed E-state index contributed by atoms with van der Waals surface area (Å²) in [6.07, 6.45) is -0.927. The van der Waals surface area contributed by atoms with Crippen molar-refractivity contribution in [2.24, 2.45) is 16.8 Å². The molecule has 0 bridgehead atoms. The number of benzene rings is 1. The molecule has 1 aromatic heterocycles. The number of hydrogen-bond donors (Lipinski definition) is 3. The van der Waals surface area contributed by atoms with Gasteiger partial charge < -0.3 is 15.9 Å². The number of aliphatic hydroxyl groups is 2. The molecule has 10 nitrogen and oxygen atoms in total. The third-order valence-corrected chi connectivity index (χ3v) is 7.75. The quantitative estimate of drug-likeness (QED) is 0.231. The lowest BCUT2D eigenvalue weighted by molar-refractivity contribution is -0.957. The van der Waals surface area contributed by atoms with E-state index in [1.54, 1.807) is 23.9 Å². The summed E-state index contributed by atoms with van der Waals surface area (Å²) in [6.45, 7) is 5.20. The van der Waals surface area contributed by atoms with Crippen LogP contribution in [0.25, 0.3) is 20.9 Å². The van der Waals surface area contributed by atoms with Gasteiger partial charge in [-0.15, -0.1) is 11.3 Å². The van der Waals surface area contributed by atoms with Gasteiger partial charge in [0.1, 0.15) is 12.6 Å². The van der Waals surface area contributed by atoms with Gasteiger partial charge >= 0.3 is 0 Å². The van der Waals surface area contributed by atoms with E-state index >= 15 is 0 Å². The highest BCUT2D eigenvalue weighted by molar-refractivity contribution is 7.13. The number of nitrogens with zero attached hydrogens (tertiary/aromatic N) is 6. The van der Waals surface area contributed by atoms with Gasteiger partial charge in [0.05, 0.1) is 35.8 Å². The number of Topliss-reactive ketones (excluding diaryl/α,β-unsaturated/α-hetero) is 1. The molecule has 5 atom stereocenters. The Bertz CT molecular complexity index is 1050. The maximum Gasteiger partial charge on any atom is 0.234 e. The molecule has 0 spiro atoms. The van der Waals surface area contributed by atoms with Gasteiger partial charge in [0.15, 0.2) is 0 Å². The fourth-order valence-corrected chi connectivity index (χ4v) is 5.47. The molecule has 1 aliphatic heterocycles. The van der Waals surface area contributed by atoms with Gasteiger partial charge in [0.25, 0.3) is 0 Å². The van der Waals surface area contributed by atoms with Crippen molar-refractivity contribution in [2.75, 3.05) is 27.2 Å². The van der Waals surface area contributed by atoms with Crippen molar-refractivity contribution in [1.29, 1.82) is 0 Å². The summed E-state index contributed by atoms with van der Waals surface area (Å²) in [4.78, 5) is 22.9. The van der Waals surface area contributed by atoms with Crippen LogP contribution in [0.15, 0.2) is 34.9 Å². The van der Waals surface area contributed by atoms with Crippen molar-refractivity contribution in [3.63, 3.8) is 0 Å². The van der Waals surface area contributed by atoms with Crippen LogP contribution in [0.3, 0.4) is 0 Å². The minimum absolute atomic E-state index is 0.0803. The Hall–Kier alpha value is -2.37. The summed E-state index contributed by atoms with van der Waals surface area (Å²) in [7, 11) is 3.31. The summed E-state index contributed by atoms with van der Waals surface area (Å²) in [5.74, 6) is -0.712. The van der Waals surface area contributed by atoms with Crippen LogP contribution >= 0.6 is 11.3 Å². The van der Waals surface area contributed by atoms with Crippen LogP contribution in [0, 0.1) is 12.8 Å². The molecule has 1 aromatic carbocycles. The molecule has 0 aliphatic carbocycles. The number of thiazole rings is 1. The van der Waals surface area contributed by atoms with E-state index in [1.807, 2.05) is 45.0 Å². The van der Waals surface area contributed by atoms with Crippen molar-refractivity contribution < 1.29 is 19.5 Å². The van der Waals surface area contributed by atoms with Gasteiger partial charge in [0.2, 0.25) is 17.8 Å². The number of aryl methyl sites for hydroxylation is 1. The molecule has 2 heterocycles. The average Bonchev–Trinajstić information content (AvgIpc) is 3.29. The first-order valence-corrected chi connectivity index (χ1v) is 11.6. The van der Waals surface area contributed by atoms with Crippen molar-refractivity contribution >= 4 is 17.1 Å². The summed E-state index contributed by atoms with van der Waals surface area (Å²) >= 11 is 1.55. The van der Waals surface area contributed by atoms with Crippen molar-refractivity contribution in [3.05, 3.63) is 51.5 Å². The number of azide groups is 1. The van der Waals surface area contributed by atoms with E-state index in [1.165, 1.54) is 11.9 Å². The summed E-state index contributed by atoms with van der Waals surface area (Å²) in [6, 6.07) is 6.29. The second-order valence-electron chi connectivity index (χ2n) is 9.21. The molecule has 0 radical (unpaired) electrons. The van der Waals surface area contributed by atoms with E-state index in [-0.39, 0.29) is 23.6 Å². The predicted octanol–water partition coefficient (Wildman–Crippen LogP) is 2.38. The Balaban J connectivity index is 2.02. The zero-order chi connectivity index (χ0) is 24.6. The van der Waals surface area contributed by atoms with Gasteiger partial charge in [-0.2, -0.15) is 0 Å². The number of carbonyl (C=O) groups excluding carboxylic acids is 1. The zero-order valence-corrected chi connectivity index (χ0v) is 20.4. The predicted molar refractivity (Wildman–Crippen MR) is 127 cm³/mol. The van der Waals surface area contributed by atoms with Crippen LogP contribution in [0.5, 0.6) is 0 Å². The van der Waals surface area contributed by atoms with Crippen LogP contribution in [-0.2, 0) is 4.79 Å².